The molecular weight excluding hydrogens is 374 g/mol. The predicted molar refractivity (Wildman–Crippen MR) is 113 cm³/mol. The Morgan fingerprint density at radius 1 is 0.731 bits per heavy atom. The Kier molecular flexibility index (Phi) is 3.33. The van der Waals surface area contributed by atoms with E-state index in [4.69, 9.17) is 0 Å². The maximum absolute atomic E-state index is 2.46. The molecule has 0 atom stereocenters. The lowest BCUT2D eigenvalue weighted by atomic mass is 9.98. The van der Waals surface area contributed by atoms with E-state index in [0.717, 1.165) is 12.8 Å². The summed E-state index contributed by atoms with van der Waals surface area (Å²) in [5.41, 5.74) is 5.62. The molecule has 0 bridgehead atoms. The summed E-state index contributed by atoms with van der Waals surface area (Å²) in [6.07, 6.45) is 2.18. The number of benzene rings is 2. The van der Waals surface area contributed by atoms with Crippen LogP contribution in [-0.4, -0.2) is 0 Å². The van der Waals surface area contributed by atoms with Crippen LogP contribution in [-0.2, 0) is 12.8 Å². The number of para-hydroxylation sites is 2. The molecule has 1 nitrogen and oxygen atoms in total. The van der Waals surface area contributed by atoms with Crippen molar-refractivity contribution in [2.75, 3.05) is 4.90 Å². The average Bonchev–Trinajstić information content (AvgIpc) is 3.29. The molecule has 0 unspecified atom stereocenters. The number of thiophene rings is 2. The first-order valence-corrected chi connectivity index (χ1v) is 11.2. The lowest BCUT2D eigenvalue weighted by Gasteiger charge is -2.31. The van der Waals surface area contributed by atoms with Crippen LogP contribution < -0.4 is 4.90 Å². The third kappa shape index (κ3) is 2.22. The first-order chi connectivity index (χ1) is 12.9. The zero-order valence-corrected chi connectivity index (χ0v) is 16.4. The molecule has 0 saturated carbocycles. The van der Waals surface area contributed by atoms with Gasteiger partial charge in [0.05, 0.1) is 11.4 Å². The molecule has 4 aromatic rings. The van der Waals surface area contributed by atoms with Gasteiger partial charge in [-0.2, -0.15) is 0 Å². The van der Waals surface area contributed by atoms with Crippen LogP contribution in [0.5, 0.6) is 0 Å². The largest absolute Gasteiger partial charge is 0.300 e. The Bertz CT molecular complexity index is 1050. The number of rotatable bonds is 1. The van der Waals surface area contributed by atoms with Crippen molar-refractivity contribution in [3.05, 3.63) is 86.9 Å². The van der Waals surface area contributed by atoms with E-state index in [1.165, 1.54) is 47.0 Å². The number of anilines is 3. The fourth-order valence-electron chi connectivity index (χ4n) is 3.83. The van der Waals surface area contributed by atoms with Crippen molar-refractivity contribution >= 4 is 50.8 Å². The van der Waals surface area contributed by atoms with Crippen LogP contribution in [0, 0.1) is 0 Å². The number of nitrogens with zero attached hydrogens (tertiary/aromatic N) is 1. The molecule has 0 fully saturated rings. The Morgan fingerprint density at radius 3 is 2.19 bits per heavy atom. The SMILES string of the molecule is c1ccc2c(c1)Sc1ccccc1N2c1cc2c(s1)Cc1ccsc1C2. The zero-order chi connectivity index (χ0) is 17.1. The predicted octanol–water partition coefficient (Wildman–Crippen LogP) is 7.24. The Hall–Kier alpha value is -2.01. The molecule has 2 aromatic carbocycles. The van der Waals surface area contributed by atoms with E-state index >= 15 is 0 Å². The number of fused-ring (bicyclic) bond motifs is 4. The molecule has 4 heteroatoms. The summed E-state index contributed by atoms with van der Waals surface area (Å²) in [6, 6.07) is 22.2. The van der Waals surface area contributed by atoms with Crippen molar-refractivity contribution in [3.8, 4) is 0 Å². The van der Waals surface area contributed by atoms with Crippen molar-refractivity contribution in [1.29, 1.82) is 0 Å². The summed E-state index contributed by atoms with van der Waals surface area (Å²) >= 11 is 5.73. The minimum Gasteiger partial charge on any atom is -0.300 e. The maximum Gasteiger partial charge on any atom is 0.101 e. The molecule has 6 rings (SSSR count). The minimum absolute atomic E-state index is 1.09. The summed E-state index contributed by atoms with van der Waals surface area (Å²) in [5.74, 6) is 0. The summed E-state index contributed by atoms with van der Waals surface area (Å²) in [5, 5.41) is 3.57. The molecule has 0 spiro atoms. The van der Waals surface area contributed by atoms with Gasteiger partial charge in [-0.15, -0.1) is 22.7 Å². The second-order valence-electron chi connectivity index (χ2n) is 6.63. The quantitative estimate of drug-likeness (QED) is 0.291. The van der Waals surface area contributed by atoms with Crippen LogP contribution in [0.3, 0.4) is 0 Å². The molecule has 1 aliphatic heterocycles. The van der Waals surface area contributed by atoms with Crippen molar-refractivity contribution in [3.63, 3.8) is 0 Å². The van der Waals surface area contributed by atoms with E-state index < -0.39 is 0 Å². The van der Waals surface area contributed by atoms with Crippen molar-refractivity contribution in [2.24, 2.45) is 0 Å². The van der Waals surface area contributed by atoms with E-state index in [1.807, 2.05) is 34.4 Å². The molecule has 3 heterocycles. The molecule has 26 heavy (non-hydrogen) atoms. The molecule has 126 valence electrons. The fourth-order valence-corrected chi connectivity index (χ4v) is 7.04. The van der Waals surface area contributed by atoms with E-state index in [9.17, 15) is 0 Å². The molecule has 1 aliphatic carbocycles. The molecule has 2 aliphatic rings. The normalized spacial score (nSPS) is 14.4. The first kappa shape index (κ1) is 15.1. The second kappa shape index (κ2) is 5.74. The first-order valence-electron chi connectivity index (χ1n) is 8.70. The second-order valence-corrected chi connectivity index (χ2v) is 9.83. The minimum atomic E-state index is 1.09. The summed E-state index contributed by atoms with van der Waals surface area (Å²) in [7, 11) is 0. The van der Waals surface area contributed by atoms with Gasteiger partial charge in [-0.3, -0.25) is 4.90 Å². The van der Waals surface area contributed by atoms with Crippen LogP contribution in [0.4, 0.5) is 16.4 Å². The zero-order valence-electron chi connectivity index (χ0n) is 13.9. The standard InChI is InChI=1S/C22H15NS3/c1-3-7-18-16(5-1)23(17-6-2-4-8-19(17)25-18)22-13-15-12-20-14(9-10-24-20)11-21(15)26-22/h1-10,13H,11-12H2. The van der Waals surface area contributed by atoms with Gasteiger partial charge < -0.3 is 0 Å². The highest BCUT2D eigenvalue weighted by Gasteiger charge is 2.27. The molecule has 0 amide bonds. The lowest BCUT2D eigenvalue weighted by molar-refractivity contribution is 1.07. The van der Waals surface area contributed by atoms with Crippen LogP contribution in [0.1, 0.15) is 20.9 Å². The van der Waals surface area contributed by atoms with Gasteiger partial charge in [-0.25, -0.2) is 0 Å². The fraction of sp³-hybridized carbons (Fsp3) is 0.0909. The highest BCUT2D eigenvalue weighted by molar-refractivity contribution is 7.99. The van der Waals surface area contributed by atoms with E-state index in [1.54, 1.807) is 0 Å². The third-order valence-corrected chi connectivity index (χ3v) is 8.33. The van der Waals surface area contributed by atoms with Crippen LogP contribution in [0.2, 0.25) is 0 Å². The van der Waals surface area contributed by atoms with Gasteiger partial charge in [0.2, 0.25) is 0 Å². The average molecular weight is 390 g/mol. The molecule has 2 aromatic heterocycles. The highest BCUT2D eigenvalue weighted by atomic mass is 32.2. The summed E-state index contributed by atoms with van der Waals surface area (Å²) < 4.78 is 0. The number of hydrogen-bond acceptors (Lipinski definition) is 4. The smallest absolute Gasteiger partial charge is 0.101 e. The van der Waals surface area contributed by atoms with Crippen molar-refractivity contribution in [2.45, 2.75) is 22.6 Å². The van der Waals surface area contributed by atoms with Crippen molar-refractivity contribution in [1.82, 2.24) is 0 Å². The summed E-state index contributed by atoms with van der Waals surface area (Å²) in [4.78, 5) is 8.18. The maximum atomic E-state index is 2.46. The Morgan fingerprint density at radius 2 is 1.42 bits per heavy atom. The Labute approximate surface area is 164 Å². The summed E-state index contributed by atoms with van der Waals surface area (Å²) in [6.45, 7) is 0. The van der Waals surface area contributed by atoms with Crippen molar-refractivity contribution < 1.29 is 0 Å². The van der Waals surface area contributed by atoms with E-state index in [0.29, 0.717) is 0 Å². The number of hydrogen-bond donors (Lipinski definition) is 0. The molecule has 0 saturated heterocycles. The van der Waals surface area contributed by atoms with E-state index in [2.05, 4.69) is 70.9 Å². The van der Waals surface area contributed by atoms with Gasteiger partial charge >= 0.3 is 0 Å². The van der Waals surface area contributed by atoms with Crippen LogP contribution in [0.15, 0.2) is 75.8 Å². The van der Waals surface area contributed by atoms with Crippen LogP contribution >= 0.6 is 34.4 Å². The van der Waals surface area contributed by atoms with Gasteiger partial charge in [0.25, 0.3) is 0 Å². The highest BCUT2D eigenvalue weighted by Crippen LogP contribution is 2.53. The topological polar surface area (TPSA) is 3.24 Å². The van der Waals surface area contributed by atoms with Gasteiger partial charge in [-0.05, 0) is 52.9 Å². The van der Waals surface area contributed by atoms with E-state index in [-0.39, 0.29) is 0 Å². The van der Waals surface area contributed by atoms with Gasteiger partial charge in [0.15, 0.2) is 0 Å². The Balaban J connectivity index is 1.51. The molecule has 0 N–H and O–H groups in total. The lowest BCUT2D eigenvalue weighted by Crippen LogP contribution is -2.13. The van der Waals surface area contributed by atoms with Gasteiger partial charge in [-0.1, -0.05) is 36.0 Å². The third-order valence-electron chi connectivity index (χ3n) is 5.08. The van der Waals surface area contributed by atoms with Gasteiger partial charge in [0, 0.05) is 32.4 Å². The molecular formula is C22H15NS3. The molecule has 0 radical (unpaired) electrons. The monoisotopic (exact) mass is 389 g/mol. The van der Waals surface area contributed by atoms with Crippen LogP contribution in [0.25, 0.3) is 0 Å². The van der Waals surface area contributed by atoms with Gasteiger partial charge in [0.1, 0.15) is 5.00 Å².